The van der Waals surface area contributed by atoms with Crippen LogP contribution in [0.4, 0.5) is 0 Å². The fraction of sp³-hybridized carbons (Fsp3) is 1.00. The van der Waals surface area contributed by atoms with Crippen LogP contribution in [0.15, 0.2) is 0 Å². The first-order valence-electron chi connectivity index (χ1n) is 10.2. The minimum Gasteiger partial charge on any atom is -0.0654 e. The van der Waals surface area contributed by atoms with Crippen molar-refractivity contribution < 1.29 is 0 Å². The van der Waals surface area contributed by atoms with Crippen molar-refractivity contribution in [3.8, 4) is 0 Å². The molecule has 1 aliphatic carbocycles. The molecule has 0 saturated heterocycles. The standard InChI is InChI=1S/C21H42/c1-5-12-20-15-10-11-16-21(20)14-9-7-8-13-19(4)17-18(3)6-2/h18-21H,5-17H2,1-4H3. The second-order valence-electron chi connectivity index (χ2n) is 8.09. The highest BCUT2D eigenvalue weighted by molar-refractivity contribution is 4.75. The predicted octanol–water partition coefficient (Wildman–Crippen LogP) is 7.62. The van der Waals surface area contributed by atoms with Crippen molar-refractivity contribution in [1.29, 1.82) is 0 Å². The molecule has 4 unspecified atom stereocenters. The number of hydrogen-bond donors (Lipinski definition) is 0. The molecule has 4 atom stereocenters. The average Bonchev–Trinajstić information content (AvgIpc) is 2.48. The smallest absolute Gasteiger partial charge is 0.0386 e. The summed E-state index contributed by atoms with van der Waals surface area (Å²) in [5, 5.41) is 0. The first kappa shape index (κ1) is 19.0. The maximum atomic E-state index is 2.46. The minimum absolute atomic E-state index is 0.928. The zero-order valence-electron chi connectivity index (χ0n) is 15.5. The lowest BCUT2D eigenvalue weighted by Crippen LogP contribution is -2.19. The zero-order valence-corrected chi connectivity index (χ0v) is 15.5. The molecule has 0 aromatic rings. The van der Waals surface area contributed by atoms with Crippen molar-refractivity contribution in [2.75, 3.05) is 0 Å². The van der Waals surface area contributed by atoms with Gasteiger partial charge in [-0.15, -0.1) is 0 Å². The van der Waals surface area contributed by atoms with Gasteiger partial charge >= 0.3 is 0 Å². The molecule has 1 rings (SSSR count). The van der Waals surface area contributed by atoms with Crippen molar-refractivity contribution in [1.82, 2.24) is 0 Å². The highest BCUT2D eigenvalue weighted by atomic mass is 14.3. The Labute approximate surface area is 135 Å². The molecule has 0 nitrogen and oxygen atoms in total. The monoisotopic (exact) mass is 294 g/mol. The Morgan fingerprint density at radius 3 is 2.10 bits per heavy atom. The second kappa shape index (κ2) is 11.6. The van der Waals surface area contributed by atoms with Gasteiger partial charge in [-0.05, 0) is 30.1 Å². The van der Waals surface area contributed by atoms with Gasteiger partial charge in [-0.3, -0.25) is 0 Å². The quantitative estimate of drug-likeness (QED) is 0.344. The molecule has 0 amide bonds. The molecule has 0 heteroatoms. The first-order valence-corrected chi connectivity index (χ1v) is 10.2. The van der Waals surface area contributed by atoms with Crippen LogP contribution in [0.3, 0.4) is 0 Å². The molecule has 0 aromatic heterocycles. The van der Waals surface area contributed by atoms with Crippen molar-refractivity contribution in [3.05, 3.63) is 0 Å². The number of unbranched alkanes of at least 4 members (excludes halogenated alkanes) is 2. The zero-order chi connectivity index (χ0) is 15.5. The lowest BCUT2D eigenvalue weighted by atomic mass is 9.74. The van der Waals surface area contributed by atoms with E-state index in [1.165, 1.54) is 83.5 Å². The molecule has 0 radical (unpaired) electrons. The Hall–Kier alpha value is 0. The molecule has 0 aromatic carbocycles. The van der Waals surface area contributed by atoms with Gasteiger partial charge < -0.3 is 0 Å². The second-order valence-corrected chi connectivity index (χ2v) is 8.09. The number of hydrogen-bond acceptors (Lipinski definition) is 0. The van der Waals surface area contributed by atoms with Gasteiger partial charge in [0.15, 0.2) is 0 Å². The molecule has 0 N–H and O–H groups in total. The molecule has 0 aliphatic heterocycles. The van der Waals surface area contributed by atoms with Gasteiger partial charge in [-0.2, -0.15) is 0 Å². The van der Waals surface area contributed by atoms with Crippen LogP contribution in [0, 0.1) is 23.7 Å². The highest BCUT2D eigenvalue weighted by Gasteiger charge is 2.23. The third-order valence-corrected chi connectivity index (χ3v) is 6.00. The largest absolute Gasteiger partial charge is 0.0654 e. The van der Waals surface area contributed by atoms with Crippen LogP contribution in [0.2, 0.25) is 0 Å². The van der Waals surface area contributed by atoms with Gasteiger partial charge in [0.05, 0.1) is 0 Å². The van der Waals surface area contributed by atoms with Crippen LogP contribution in [-0.4, -0.2) is 0 Å². The molecule has 0 spiro atoms. The summed E-state index contributed by atoms with van der Waals surface area (Å²) in [5.41, 5.74) is 0. The van der Waals surface area contributed by atoms with Gasteiger partial charge in [-0.25, -0.2) is 0 Å². The van der Waals surface area contributed by atoms with E-state index in [-0.39, 0.29) is 0 Å². The Morgan fingerprint density at radius 1 is 0.810 bits per heavy atom. The summed E-state index contributed by atoms with van der Waals surface area (Å²) in [7, 11) is 0. The van der Waals surface area contributed by atoms with Crippen LogP contribution in [0.1, 0.15) is 111 Å². The van der Waals surface area contributed by atoms with Gasteiger partial charge in [-0.1, -0.05) is 105 Å². The summed E-state index contributed by atoms with van der Waals surface area (Å²) in [6.45, 7) is 9.57. The highest BCUT2D eigenvalue weighted by Crippen LogP contribution is 2.36. The van der Waals surface area contributed by atoms with Gasteiger partial charge in [0.1, 0.15) is 0 Å². The van der Waals surface area contributed by atoms with E-state index in [1.807, 2.05) is 0 Å². The minimum atomic E-state index is 0.928. The van der Waals surface area contributed by atoms with Crippen LogP contribution in [-0.2, 0) is 0 Å². The molecule has 21 heavy (non-hydrogen) atoms. The van der Waals surface area contributed by atoms with Gasteiger partial charge in [0.2, 0.25) is 0 Å². The SMILES string of the molecule is CCCC1CCCCC1CCCCCC(C)CC(C)CC. The molecule has 0 bridgehead atoms. The van der Waals surface area contributed by atoms with Crippen molar-refractivity contribution in [2.45, 2.75) is 111 Å². The van der Waals surface area contributed by atoms with E-state index in [4.69, 9.17) is 0 Å². The summed E-state index contributed by atoms with van der Waals surface area (Å²) in [6.07, 6.45) is 19.2. The maximum Gasteiger partial charge on any atom is -0.0386 e. The summed E-state index contributed by atoms with van der Waals surface area (Å²) >= 11 is 0. The third-order valence-electron chi connectivity index (χ3n) is 6.00. The molecule has 1 saturated carbocycles. The maximum absolute atomic E-state index is 2.46. The molecule has 0 heterocycles. The third kappa shape index (κ3) is 8.27. The first-order chi connectivity index (χ1) is 10.2. The van der Waals surface area contributed by atoms with E-state index in [9.17, 15) is 0 Å². The van der Waals surface area contributed by atoms with E-state index in [0.29, 0.717) is 0 Å². The van der Waals surface area contributed by atoms with Crippen LogP contribution in [0.25, 0.3) is 0 Å². The fourth-order valence-corrected chi connectivity index (χ4v) is 4.46. The average molecular weight is 295 g/mol. The fourth-order valence-electron chi connectivity index (χ4n) is 4.46. The topological polar surface area (TPSA) is 0 Å². The summed E-state index contributed by atoms with van der Waals surface area (Å²) < 4.78 is 0. The predicted molar refractivity (Wildman–Crippen MR) is 96.7 cm³/mol. The van der Waals surface area contributed by atoms with Gasteiger partial charge in [0.25, 0.3) is 0 Å². The molecule has 1 aliphatic rings. The van der Waals surface area contributed by atoms with E-state index >= 15 is 0 Å². The Morgan fingerprint density at radius 2 is 1.48 bits per heavy atom. The summed E-state index contributed by atoms with van der Waals surface area (Å²) in [6, 6.07) is 0. The Kier molecular flexibility index (Phi) is 10.5. The van der Waals surface area contributed by atoms with E-state index in [2.05, 4.69) is 27.7 Å². The van der Waals surface area contributed by atoms with Crippen molar-refractivity contribution in [3.63, 3.8) is 0 Å². The number of rotatable bonds is 11. The lowest BCUT2D eigenvalue weighted by Gasteiger charge is -2.31. The molecule has 126 valence electrons. The van der Waals surface area contributed by atoms with E-state index < -0.39 is 0 Å². The Balaban J connectivity index is 2.07. The molecular weight excluding hydrogens is 252 g/mol. The van der Waals surface area contributed by atoms with Crippen molar-refractivity contribution >= 4 is 0 Å². The van der Waals surface area contributed by atoms with Crippen LogP contribution < -0.4 is 0 Å². The van der Waals surface area contributed by atoms with Crippen molar-refractivity contribution in [2.24, 2.45) is 23.7 Å². The van der Waals surface area contributed by atoms with Gasteiger partial charge in [0, 0.05) is 0 Å². The Bertz CT molecular complexity index is 230. The molecular formula is C21H42. The van der Waals surface area contributed by atoms with Crippen LogP contribution in [0.5, 0.6) is 0 Å². The summed E-state index contributed by atoms with van der Waals surface area (Å²) in [5.74, 6) is 4.03. The van der Waals surface area contributed by atoms with Crippen LogP contribution >= 0.6 is 0 Å². The lowest BCUT2D eigenvalue weighted by molar-refractivity contribution is 0.205. The normalized spacial score (nSPS) is 25.7. The van der Waals surface area contributed by atoms with E-state index in [1.54, 1.807) is 0 Å². The van der Waals surface area contributed by atoms with E-state index in [0.717, 1.165) is 23.7 Å². The summed E-state index contributed by atoms with van der Waals surface area (Å²) in [4.78, 5) is 0. The molecule has 1 fully saturated rings.